The molecule has 0 amide bonds. The van der Waals surface area contributed by atoms with Crippen molar-refractivity contribution in [1.29, 1.82) is 0 Å². The summed E-state index contributed by atoms with van der Waals surface area (Å²) in [5, 5.41) is 0. The van der Waals surface area contributed by atoms with Crippen molar-refractivity contribution in [3.63, 3.8) is 0 Å². The van der Waals surface area contributed by atoms with Crippen molar-refractivity contribution < 1.29 is 13.2 Å². The summed E-state index contributed by atoms with van der Waals surface area (Å²) >= 11 is 0. The third-order valence-electron chi connectivity index (χ3n) is 4.98. The molecule has 1 aliphatic heterocycles. The van der Waals surface area contributed by atoms with Gasteiger partial charge < -0.3 is 4.74 Å². The standard InChI is InChI=1S/C20H33NO3S/c1-20(2,3)18-10-8-17(9-11-18)13-16-25(22,23)21(4)14-12-19-7-5-6-15-24-19/h8-11,19H,5-7,12-16H2,1-4H3. The molecule has 1 aromatic carbocycles. The zero-order valence-corrected chi connectivity index (χ0v) is 16.9. The van der Waals surface area contributed by atoms with Crippen molar-refractivity contribution in [3.8, 4) is 0 Å². The van der Waals surface area contributed by atoms with Crippen LogP contribution in [0.1, 0.15) is 57.6 Å². The molecule has 4 nitrogen and oxygen atoms in total. The second kappa shape index (κ2) is 8.65. The van der Waals surface area contributed by atoms with E-state index in [2.05, 4.69) is 32.9 Å². The lowest BCUT2D eigenvalue weighted by Crippen LogP contribution is -2.33. The van der Waals surface area contributed by atoms with Crippen LogP contribution < -0.4 is 0 Å². The zero-order valence-electron chi connectivity index (χ0n) is 16.1. The first-order valence-electron chi connectivity index (χ1n) is 9.33. The molecule has 1 aliphatic rings. The first kappa shape index (κ1) is 20.4. The lowest BCUT2D eigenvalue weighted by Gasteiger charge is -2.25. The summed E-state index contributed by atoms with van der Waals surface area (Å²) in [4.78, 5) is 0. The SMILES string of the molecule is CN(CCC1CCCCO1)S(=O)(=O)CCc1ccc(C(C)(C)C)cc1. The molecule has 1 aromatic rings. The predicted octanol–water partition coefficient (Wildman–Crippen LogP) is 3.75. The van der Waals surface area contributed by atoms with E-state index in [1.165, 1.54) is 16.3 Å². The van der Waals surface area contributed by atoms with E-state index >= 15 is 0 Å². The van der Waals surface area contributed by atoms with Crippen LogP contribution in [0.5, 0.6) is 0 Å². The van der Waals surface area contributed by atoms with E-state index in [-0.39, 0.29) is 17.3 Å². The Morgan fingerprint density at radius 2 is 1.84 bits per heavy atom. The number of rotatable bonds is 7. The van der Waals surface area contributed by atoms with Gasteiger partial charge in [-0.2, -0.15) is 0 Å². The Kier molecular flexibility index (Phi) is 7.06. The van der Waals surface area contributed by atoms with Crippen molar-refractivity contribution in [2.75, 3.05) is 26.0 Å². The average Bonchev–Trinajstić information content (AvgIpc) is 2.58. The smallest absolute Gasteiger partial charge is 0.214 e. The highest BCUT2D eigenvalue weighted by atomic mass is 32.2. The third-order valence-corrected chi connectivity index (χ3v) is 6.84. The summed E-state index contributed by atoms with van der Waals surface area (Å²) in [6.07, 6.45) is 4.92. The van der Waals surface area contributed by atoms with Gasteiger partial charge in [0.2, 0.25) is 10.0 Å². The Morgan fingerprint density at radius 3 is 2.40 bits per heavy atom. The van der Waals surface area contributed by atoms with Gasteiger partial charge in [-0.25, -0.2) is 12.7 Å². The third kappa shape index (κ3) is 6.39. The maximum absolute atomic E-state index is 12.5. The summed E-state index contributed by atoms with van der Waals surface area (Å²) in [7, 11) is -1.54. The molecule has 0 aromatic heterocycles. The van der Waals surface area contributed by atoms with Crippen LogP contribution in [0.25, 0.3) is 0 Å². The van der Waals surface area contributed by atoms with Crippen molar-refractivity contribution in [1.82, 2.24) is 4.31 Å². The van der Waals surface area contributed by atoms with Crippen molar-refractivity contribution in [2.24, 2.45) is 0 Å². The predicted molar refractivity (Wildman–Crippen MR) is 103 cm³/mol. The van der Waals surface area contributed by atoms with E-state index in [4.69, 9.17) is 4.74 Å². The van der Waals surface area contributed by atoms with E-state index in [9.17, 15) is 8.42 Å². The topological polar surface area (TPSA) is 46.6 Å². The number of sulfonamides is 1. The first-order chi connectivity index (χ1) is 11.7. The van der Waals surface area contributed by atoms with Crippen molar-refractivity contribution >= 4 is 10.0 Å². The average molecular weight is 368 g/mol. The fourth-order valence-corrected chi connectivity index (χ4v) is 4.26. The van der Waals surface area contributed by atoms with Crippen molar-refractivity contribution in [2.45, 2.75) is 64.4 Å². The second-order valence-electron chi connectivity index (χ2n) is 8.11. The summed E-state index contributed by atoms with van der Waals surface area (Å²) in [6.45, 7) is 7.88. The molecule has 1 atom stereocenters. The molecule has 0 spiro atoms. The van der Waals surface area contributed by atoms with Crippen LogP contribution in [0.3, 0.4) is 0 Å². The largest absolute Gasteiger partial charge is 0.378 e. The van der Waals surface area contributed by atoms with E-state index in [0.717, 1.165) is 31.4 Å². The van der Waals surface area contributed by atoms with Gasteiger partial charge in [0.1, 0.15) is 0 Å². The monoisotopic (exact) mass is 367 g/mol. The summed E-state index contributed by atoms with van der Waals surface area (Å²) in [5.74, 6) is 0.157. The lowest BCUT2D eigenvalue weighted by molar-refractivity contribution is 0.00950. The van der Waals surface area contributed by atoms with Gasteiger partial charge in [0.15, 0.2) is 0 Å². The maximum atomic E-state index is 12.5. The molecule has 0 saturated carbocycles. The highest BCUT2D eigenvalue weighted by Gasteiger charge is 2.21. The summed E-state index contributed by atoms with van der Waals surface area (Å²) in [5.41, 5.74) is 2.45. The molecule has 1 saturated heterocycles. The van der Waals surface area contributed by atoms with Gasteiger partial charge in [0.25, 0.3) is 0 Å². The number of aryl methyl sites for hydroxylation is 1. The fourth-order valence-electron chi connectivity index (χ4n) is 3.07. The Morgan fingerprint density at radius 1 is 1.16 bits per heavy atom. The highest BCUT2D eigenvalue weighted by Crippen LogP contribution is 2.22. The van der Waals surface area contributed by atoms with E-state index in [1.54, 1.807) is 7.05 Å². The van der Waals surface area contributed by atoms with Gasteiger partial charge in [0.05, 0.1) is 11.9 Å². The first-order valence-corrected chi connectivity index (χ1v) is 10.9. The molecule has 142 valence electrons. The van der Waals surface area contributed by atoms with Crippen LogP contribution in [0, 0.1) is 0 Å². The van der Waals surface area contributed by atoms with E-state index in [0.29, 0.717) is 13.0 Å². The van der Waals surface area contributed by atoms with Gasteiger partial charge in [-0.1, -0.05) is 45.0 Å². The lowest BCUT2D eigenvalue weighted by atomic mass is 9.86. The molecule has 2 rings (SSSR count). The van der Waals surface area contributed by atoms with Gasteiger partial charge in [-0.3, -0.25) is 0 Å². The fraction of sp³-hybridized carbons (Fsp3) is 0.700. The number of nitrogens with zero attached hydrogens (tertiary/aromatic N) is 1. The zero-order chi connectivity index (χ0) is 18.5. The molecule has 1 unspecified atom stereocenters. The van der Waals surface area contributed by atoms with Gasteiger partial charge in [-0.15, -0.1) is 0 Å². The van der Waals surface area contributed by atoms with E-state index in [1.807, 2.05) is 12.1 Å². The number of hydrogen-bond acceptors (Lipinski definition) is 3. The minimum Gasteiger partial charge on any atom is -0.378 e. The maximum Gasteiger partial charge on any atom is 0.214 e. The number of benzene rings is 1. The Hall–Kier alpha value is -0.910. The summed E-state index contributed by atoms with van der Waals surface area (Å²) < 4.78 is 32.2. The van der Waals surface area contributed by atoms with Crippen LogP contribution in [0.4, 0.5) is 0 Å². The molecule has 5 heteroatoms. The molecule has 1 heterocycles. The molecule has 0 bridgehead atoms. The highest BCUT2D eigenvalue weighted by molar-refractivity contribution is 7.89. The van der Waals surface area contributed by atoms with Crippen molar-refractivity contribution in [3.05, 3.63) is 35.4 Å². The van der Waals surface area contributed by atoms with Crippen LogP contribution in [0.2, 0.25) is 0 Å². The molecule has 0 aliphatic carbocycles. The van der Waals surface area contributed by atoms with Gasteiger partial charge in [0, 0.05) is 20.2 Å². The number of hydrogen-bond donors (Lipinski definition) is 0. The molecule has 25 heavy (non-hydrogen) atoms. The summed E-state index contributed by atoms with van der Waals surface area (Å²) in [6, 6.07) is 8.30. The molecular weight excluding hydrogens is 334 g/mol. The Balaban J connectivity index is 1.83. The second-order valence-corrected chi connectivity index (χ2v) is 10.3. The number of ether oxygens (including phenoxy) is 1. The minimum absolute atomic E-state index is 0.117. The minimum atomic E-state index is -3.22. The Bertz CT molecular complexity index is 626. The quantitative estimate of drug-likeness (QED) is 0.737. The molecular formula is C20H33NO3S. The van der Waals surface area contributed by atoms with Gasteiger partial charge in [-0.05, 0) is 48.6 Å². The Labute approximate surface area is 153 Å². The van der Waals surface area contributed by atoms with Gasteiger partial charge >= 0.3 is 0 Å². The van der Waals surface area contributed by atoms with E-state index < -0.39 is 10.0 Å². The van der Waals surface area contributed by atoms with Crippen LogP contribution in [-0.4, -0.2) is 44.8 Å². The van der Waals surface area contributed by atoms with Crippen LogP contribution in [-0.2, 0) is 26.6 Å². The molecule has 0 radical (unpaired) electrons. The molecule has 0 N–H and O–H groups in total. The van der Waals surface area contributed by atoms with Crippen LogP contribution >= 0.6 is 0 Å². The van der Waals surface area contributed by atoms with Crippen LogP contribution in [0.15, 0.2) is 24.3 Å². The molecule has 1 fully saturated rings. The normalized spacial score (nSPS) is 19.3.